The van der Waals surface area contributed by atoms with Gasteiger partial charge in [-0.15, -0.1) is 0 Å². The highest BCUT2D eigenvalue weighted by molar-refractivity contribution is 7.80. The lowest BCUT2D eigenvalue weighted by molar-refractivity contribution is -0.122. The summed E-state index contributed by atoms with van der Waals surface area (Å²) in [5, 5.41) is 11.7. The number of carbonyl (C=O) groups is 3. The van der Waals surface area contributed by atoms with E-state index in [0.29, 0.717) is 22.7 Å². The first-order valence-electron chi connectivity index (χ1n) is 11.4. The van der Waals surface area contributed by atoms with Crippen LogP contribution in [0.25, 0.3) is 6.08 Å². The zero-order valence-corrected chi connectivity index (χ0v) is 21.0. The minimum atomic E-state index is -1.02. The molecule has 0 saturated carbocycles. The molecule has 8 nitrogen and oxygen atoms in total. The van der Waals surface area contributed by atoms with Crippen molar-refractivity contribution >= 4 is 46.9 Å². The van der Waals surface area contributed by atoms with Gasteiger partial charge in [0.2, 0.25) is 0 Å². The van der Waals surface area contributed by atoms with E-state index in [1.54, 1.807) is 42.5 Å². The number of hydrogen-bond donors (Lipinski definition) is 2. The van der Waals surface area contributed by atoms with Crippen LogP contribution < -0.4 is 19.7 Å². The highest BCUT2D eigenvalue weighted by Crippen LogP contribution is 2.34. The fraction of sp³-hybridized carbons (Fsp3) is 0.143. The van der Waals surface area contributed by atoms with Crippen LogP contribution in [0.5, 0.6) is 11.5 Å². The number of ether oxygens (including phenoxy) is 2. The van der Waals surface area contributed by atoms with E-state index in [1.807, 2.05) is 19.1 Å². The highest BCUT2D eigenvalue weighted by atomic mass is 32.1. The maximum Gasteiger partial charge on any atom is 0.335 e. The van der Waals surface area contributed by atoms with Gasteiger partial charge in [-0.1, -0.05) is 43.3 Å². The van der Waals surface area contributed by atoms with Crippen LogP contribution in [0, 0.1) is 0 Å². The van der Waals surface area contributed by atoms with Gasteiger partial charge >= 0.3 is 5.97 Å². The van der Waals surface area contributed by atoms with Crippen molar-refractivity contribution < 1.29 is 29.0 Å². The van der Waals surface area contributed by atoms with Gasteiger partial charge in [-0.25, -0.2) is 4.79 Å². The number of hydrogen-bond acceptors (Lipinski definition) is 6. The van der Waals surface area contributed by atoms with E-state index in [2.05, 4.69) is 5.32 Å². The lowest BCUT2D eigenvalue weighted by Gasteiger charge is -2.29. The smallest absolute Gasteiger partial charge is 0.335 e. The first-order chi connectivity index (χ1) is 17.8. The third-order valence-corrected chi connectivity index (χ3v) is 6.10. The number of aromatic carboxylic acids is 1. The predicted octanol–water partition coefficient (Wildman–Crippen LogP) is 4.37. The SMILES string of the molecule is CCc1ccc(N2C(=O)/C(=C/c3cccc(OC)c3OCc3ccc(C(=O)O)cc3)C(=O)NC2=S)cc1. The summed E-state index contributed by atoms with van der Waals surface area (Å²) in [5.74, 6) is -1.46. The first-order valence-corrected chi connectivity index (χ1v) is 11.9. The normalized spacial score (nSPS) is 14.5. The monoisotopic (exact) mass is 516 g/mol. The Balaban J connectivity index is 1.66. The Hall–Kier alpha value is -4.50. The molecule has 188 valence electrons. The van der Waals surface area contributed by atoms with Crippen molar-refractivity contribution in [3.05, 3.63) is 94.6 Å². The third kappa shape index (κ3) is 5.52. The number of nitrogens with zero attached hydrogens (tertiary/aromatic N) is 1. The number of amides is 2. The van der Waals surface area contributed by atoms with Crippen molar-refractivity contribution in [1.29, 1.82) is 0 Å². The molecule has 9 heteroatoms. The number of nitrogens with one attached hydrogen (secondary N) is 1. The van der Waals surface area contributed by atoms with Crippen molar-refractivity contribution in [3.63, 3.8) is 0 Å². The van der Waals surface area contributed by atoms with Gasteiger partial charge in [0.05, 0.1) is 18.4 Å². The Morgan fingerprint density at radius 2 is 1.70 bits per heavy atom. The largest absolute Gasteiger partial charge is 0.493 e. The standard InChI is InChI=1S/C28H24N2O6S/c1-3-17-9-13-21(14-10-17)30-26(32)22(25(31)29-28(30)37)15-20-5-4-6-23(35-2)24(20)36-16-18-7-11-19(12-8-18)27(33)34/h4-15H,3,16H2,1-2H3,(H,33,34)(H,29,31,37)/b22-15+. The number of thiocarbonyl (C=S) groups is 1. The number of anilines is 1. The van der Waals surface area contributed by atoms with Crippen molar-refractivity contribution in [1.82, 2.24) is 5.32 Å². The number of aryl methyl sites for hydroxylation is 1. The Morgan fingerprint density at radius 3 is 2.32 bits per heavy atom. The van der Waals surface area contributed by atoms with Crippen molar-refractivity contribution in [2.75, 3.05) is 12.0 Å². The molecule has 0 spiro atoms. The number of carboxylic acid groups (broad SMARTS) is 1. The minimum Gasteiger partial charge on any atom is -0.493 e. The molecule has 0 unspecified atom stereocenters. The molecule has 0 aromatic heterocycles. The average Bonchev–Trinajstić information content (AvgIpc) is 2.90. The molecule has 2 amide bonds. The maximum absolute atomic E-state index is 13.4. The van der Waals surface area contributed by atoms with Gasteiger partial charge in [-0.3, -0.25) is 19.8 Å². The summed E-state index contributed by atoms with van der Waals surface area (Å²) in [4.78, 5) is 38.6. The molecule has 4 rings (SSSR count). The van der Waals surface area contributed by atoms with Crippen LogP contribution in [0.3, 0.4) is 0 Å². The van der Waals surface area contributed by atoms with Gasteiger partial charge in [0.1, 0.15) is 12.2 Å². The highest BCUT2D eigenvalue weighted by Gasteiger charge is 2.34. The van der Waals surface area contributed by atoms with Crippen LogP contribution in [-0.2, 0) is 22.6 Å². The van der Waals surface area contributed by atoms with E-state index in [-0.39, 0.29) is 22.9 Å². The van der Waals surface area contributed by atoms with E-state index >= 15 is 0 Å². The van der Waals surface area contributed by atoms with Crippen LogP contribution in [0.1, 0.15) is 34.0 Å². The van der Waals surface area contributed by atoms with Crippen LogP contribution >= 0.6 is 12.2 Å². The average molecular weight is 517 g/mol. The van der Waals surface area contributed by atoms with E-state index in [0.717, 1.165) is 17.5 Å². The van der Waals surface area contributed by atoms with E-state index in [9.17, 15) is 14.4 Å². The van der Waals surface area contributed by atoms with Gasteiger partial charge in [0, 0.05) is 5.56 Å². The predicted molar refractivity (Wildman–Crippen MR) is 143 cm³/mol. The Morgan fingerprint density at radius 1 is 1.03 bits per heavy atom. The summed E-state index contributed by atoms with van der Waals surface area (Å²) >= 11 is 5.29. The van der Waals surface area contributed by atoms with Crippen LogP contribution in [0.2, 0.25) is 0 Å². The summed E-state index contributed by atoms with van der Waals surface area (Å²) in [5.41, 5.74) is 2.89. The molecule has 1 saturated heterocycles. The molecule has 0 radical (unpaired) electrons. The zero-order valence-electron chi connectivity index (χ0n) is 20.2. The quantitative estimate of drug-likeness (QED) is 0.260. The minimum absolute atomic E-state index is 0.00308. The fourth-order valence-electron chi connectivity index (χ4n) is 3.79. The number of carbonyl (C=O) groups excluding carboxylic acids is 2. The molecule has 0 bridgehead atoms. The molecule has 1 fully saturated rings. The molecule has 37 heavy (non-hydrogen) atoms. The topological polar surface area (TPSA) is 105 Å². The second kappa shape index (κ2) is 11.0. The number of rotatable bonds is 8. The van der Waals surface area contributed by atoms with Gasteiger partial charge in [0.25, 0.3) is 11.8 Å². The van der Waals surface area contributed by atoms with Crippen molar-refractivity contribution in [2.24, 2.45) is 0 Å². The van der Waals surface area contributed by atoms with Crippen molar-refractivity contribution in [2.45, 2.75) is 20.0 Å². The molecule has 2 N–H and O–H groups in total. The molecular formula is C28H24N2O6S. The van der Waals surface area contributed by atoms with Gasteiger partial charge in [-0.2, -0.15) is 0 Å². The third-order valence-electron chi connectivity index (χ3n) is 5.82. The van der Waals surface area contributed by atoms with E-state index in [4.69, 9.17) is 26.8 Å². The van der Waals surface area contributed by atoms with Gasteiger partial charge in [-0.05, 0) is 66.2 Å². The summed E-state index contributed by atoms with van der Waals surface area (Å²) in [6.07, 6.45) is 2.29. The van der Waals surface area contributed by atoms with Gasteiger partial charge < -0.3 is 14.6 Å². The maximum atomic E-state index is 13.4. The summed E-state index contributed by atoms with van der Waals surface area (Å²) in [6, 6.07) is 18.8. The first kappa shape index (κ1) is 25.6. The molecular weight excluding hydrogens is 492 g/mol. The molecule has 1 aliphatic rings. The van der Waals surface area contributed by atoms with E-state index < -0.39 is 17.8 Å². The zero-order chi connectivity index (χ0) is 26.5. The lowest BCUT2D eigenvalue weighted by Crippen LogP contribution is -2.54. The summed E-state index contributed by atoms with van der Waals surface area (Å²) in [6.45, 7) is 2.14. The second-order valence-electron chi connectivity index (χ2n) is 8.15. The molecule has 3 aromatic carbocycles. The summed E-state index contributed by atoms with van der Waals surface area (Å²) in [7, 11) is 1.49. The van der Waals surface area contributed by atoms with Crippen molar-refractivity contribution in [3.8, 4) is 11.5 Å². The molecule has 0 atom stereocenters. The number of methoxy groups -OCH3 is 1. The van der Waals surface area contributed by atoms with Crippen LogP contribution in [0.15, 0.2) is 72.3 Å². The van der Waals surface area contributed by atoms with Crippen LogP contribution in [-0.4, -0.2) is 35.1 Å². The molecule has 1 heterocycles. The van der Waals surface area contributed by atoms with Crippen LogP contribution in [0.4, 0.5) is 5.69 Å². The number of benzene rings is 3. The fourth-order valence-corrected chi connectivity index (χ4v) is 4.07. The Bertz CT molecular complexity index is 1400. The summed E-state index contributed by atoms with van der Waals surface area (Å²) < 4.78 is 11.5. The Kier molecular flexibility index (Phi) is 7.64. The number of carboxylic acids is 1. The molecule has 3 aromatic rings. The second-order valence-corrected chi connectivity index (χ2v) is 8.53. The number of para-hydroxylation sites is 1. The Labute approximate surface area is 219 Å². The lowest BCUT2D eigenvalue weighted by atomic mass is 10.1. The van der Waals surface area contributed by atoms with E-state index in [1.165, 1.54) is 30.2 Å². The van der Waals surface area contributed by atoms with Gasteiger partial charge in [0.15, 0.2) is 16.6 Å². The molecule has 0 aliphatic carbocycles. The molecule has 1 aliphatic heterocycles.